The normalized spacial score (nSPS) is 11.3. The minimum absolute atomic E-state index is 0.00849. The topological polar surface area (TPSA) is 33.1 Å². The summed E-state index contributed by atoms with van der Waals surface area (Å²) in [5, 5.41) is 11.1. The maximum Gasteiger partial charge on any atom is 0.0714 e. The van der Waals surface area contributed by atoms with Crippen LogP contribution in [0.3, 0.4) is 0 Å². The number of hydrogen-bond acceptors (Lipinski definition) is 2. The van der Waals surface area contributed by atoms with Gasteiger partial charge >= 0.3 is 0 Å². The average Bonchev–Trinajstić information content (AvgIpc) is 2.53. The van der Waals surface area contributed by atoms with Gasteiger partial charge in [-0.2, -0.15) is 0 Å². The number of benzene rings is 2. The number of pyridine rings is 1. The molecule has 2 nitrogen and oxygen atoms in total. The molecule has 0 saturated heterocycles. The van der Waals surface area contributed by atoms with Gasteiger partial charge in [-0.05, 0) is 35.6 Å². The molecule has 0 fully saturated rings. The molecule has 0 aliphatic heterocycles. The van der Waals surface area contributed by atoms with E-state index in [1.54, 1.807) is 0 Å². The summed E-state index contributed by atoms with van der Waals surface area (Å²) < 4.78 is 0. The highest BCUT2D eigenvalue weighted by molar-refractivity contribution is 5.97. The Bertz CT molecular complexity index is 807. The summed E-state index contributed by atoms with van der Waals surface area (Å²) in [6.07, 6.45) is 0. The maximum absolute atomic E-state index is 9.98. The highest BCUT2D eigenvalue weighted by Gasteiger charge is 2.17. The van der Waals surface area contributed by atoms with Gasteiger partial charge < -0.3 is 5.11 Å². The summed E-state index contributed by atoms with van der Waals surface area (Å²) in [6, 6.07) is 16.6. The van der Waals surface area contributed by atoms with Gasteiger partial charge in [0.25, 0.3) is 0 Å². The van der Waals surface area contributed by atoms with Crippen LogP contribution in [0.1, 0.15) is 36.6 Å². The average molecular weight is 291 g/mol. The number of aliphatic hydroxyl groups is 1. The molecule has 0 radical (unpaired) electrons. The summed E-state index contributed by atoms with van der Waals surface area (Å²) in [7, 11) is 0. The molecule has 0 amide bonds. The van der Waals surface area contributed by atoms with E-state index in [0.717, 1.165) is 33.3 Å². The van der Waals surface area contributed by atoms with Gasteiger partial charge in [-0.25, -0.2) is 0 Å². The van der Waals surface area contributed by atoms with Crippen molar-refractivity contribution in [2.24, 2.45) is 0 Å². The lowest BCUT2D eigenvalue weighted by Crippen LogP contribution is -2.04. The first-order valence-electron chi connectivity index (χ1n) is 7.71. The van der Waals surface area contributed by atoms with Crippen LogP contribution in [-0.2, 0) is 6.61 Å². The second-order valence-electron chi connectivity index (χ2n) is 6.05. The Labute approximate surface area is 131 Å². The fourth-order valence-electron chi connectivity index (χ4n) is 3.01. The molecule has 3 aromatic rings. The summed E-state index contributed by atoms with van der Waals surface area (Å²) >= 11 is 0. The van der Waals surface area contributed by atoms with Gasteiger partial charge in [0.1, 0.15) is 0 Å². The molecule has 0 unspecified atom stereocenters. The van der Waals surface area contributed by atoms with Crippen LogP contribution in [0, 0.1) is 6.92 Å². The fraction of sp³-hybridized carbons (Fsp3) is 0.250. The molecule has 3 rings (SSSR count). The molecule has 2 aromatic carbocycles. The molecule has 0 saturated carbocycles. The van der Waals surface area contributed by atoms with Crippen LogP contribution in [0.2, 0.25) is 0 Å². The van der Waals surface area contributed by atoms with Gasteiger partial charge in [0.2, 0.25) is 0 Å². The molecular weight excluding hydrogens is 270 g/mol. The summed E-state index contributed by atoms with van der Waals surface area (Å²) in [6.45, 7) is 6.34. The first-order valence-corrected chi connectivity index (χ1v) is 7.71. The van der Waals surface area contributed by atoms with E-state index in [9.17, 15) is 5.11 Å². The zero-order chi connectivity index (χ0) is 15.7. The monoisotopic (exact) mass is 291 g/mol. The second kappa shape index (κ2) is 5.90. The van der Waals surface area contributed by atoms with Crippen LogP contribution in [0.5, 0.6) is 0 Å². The van der Waals surface area contributed by atoms with Crippen molar-refractivity contribution < 1.29 is 5.11 Å². The number of rotatable bonds is 3. The maximum atomic E-state index is 9.98. The van der Waals surface area contributed by atoms with E-state index in [-0.39, 0.29) is 12.5 Å². The third-order valence-corrected chi connectivity index (χ3v) is 4.04. The summed E-state index contributed by atoms with van der Waals surface area (Å²) in [5.74, 6) is 0.273. The third-order valence-electron chi connectivity index (χ3n) is 4.04. The molecule has 1 heterocycles. The molecule has 0 spiro atoms. The van der Waals surface area contributed by atoms with Crippen LogP contribution in [0.25, 0.3) is 22.0 Å². The molecular formula is C20H21NO. The van der Waals surface area contributed by atoms with Gasteiger partial charge in [-0.15, -0.1) is 0 Å². The number of fused-ring (bicyclic) bond motifs is 1. The molecule has 22 heavy (non-hydrogen) atoms. The van der Waals surface area contributed by atoms with E-state index in [2.05, 4.69) is 51.1 Å². The summed E-state index contributed by atoms with van der Waals surface area (Å²) in [5.41, 5.74) is 6.36. The number of aromatic nitrogens is 1. The van der Waals surface area contributed by atoms with Crippen molar-refractivity contribution in [3.63, 3.8) is 0 Å². The molecule has 0 atom stereocenters. The van der Waals surface area contributed by atoms with E-state index in [0.29, 0.717) is 0 Å². The third kappa shape index (κ3) is 2.51. The van der Waals surface area contributed by atoms with Gasteiger partial charge in [-0.1, -0.05) is 56.3 Å². The Morgan fingerprint density at radius 2 is 1.77 bits per heavy atom. The van der Waals surface area contributed by atoms with E-state index >= 15 is 0 Å². The molecule has 0 bridgehead atoms. The first kappa shape index (κ1) is 14.7. The Morgan fingerprint density at radius 1 is 1.05 bits per heavy atom. The fourth-order valence-corrected chi connectivity index (χ4v) is 3.01. The molecule has 0 aliphatic carbocycles. The van der Waals surface area contributed by atoms with Crippen molar-refractivity contribution in [2.75, 3.05) is 0 Å². The van der Waals surface area contributed by atoms with E-state index in [1.807, 2.05) is 18.2 Å². The lowest BCUT2D eigenvalue weighted by molar-refractivity contribution is 0.280. The van der Waals surface area contributed by atoms with Gasteiger partial charge in [0.05, 0.1) is 12.1 Å². The highest BCUT2D eigenvalue weighted by Crippen LogP contribution is 2.35. The van der Waals surface area contributed by atoms with Crippen molar-refractivity contribution in [3.8, 4) is 11.1 Å². The minimum atomic E-state index is 0.00849. The van der Waals surface area contributed by atoms with Crippen LogP contribution in [-0.4, -0.2) is 10.1 Å². The predicted octanol–water partition coefficient (Wildman–Crippen LogP) is 4.83. The van der Waals surface area contributed by atoms with Crippen molar-refractivity contribution in [1.82, 2.24) is 4.98 Å². The highest BCUT2D eigenvalue weighted by atomic mass is 16.3. The number of aryl methyl sites for hydroxylation is 1. The second-order valence-corrected chi connectivity index (χ2v) is 6.05. The van der Waals surface area contributed by atoms with Gasteiger partial charge in [0, 0.05) is 16.6 Å². The zero-order valence-corrected chi connectivity index (χ0v) is 13.3. The lowest BCUT2D eigenvalue weighted by Gasteiger charge is -2.18. The Balaban J connectivity index is 2.45. The summed E-state index contributed by atoms with van der Waals surface area (Å²) in [4.78, 5) is 4.83. The van der Waals surface area contributed by atoms with Crippen LogP contribution >= 0.6 is 0 Å². The Morgan fingerprint density at radius 3 is 2.41 bits per heavy atom. The zero-order valence-electron chi connectivity index (χ0n) is 13.3. The van der Waals surface area contributed by atoms with E-state index in [4.69, 9.17) is 4.98 Å². The molecule has 0 aliphatic rings. The minimum Gasteiger partial charge on any atom is -0.392 e. The van der Waals surface area contributed by atoms with Gasteiger partial charge in [0.15, 0.2) is 0 Å². The standard InChI is InChI=1S/C20H21NO/c1-13(2)20-17(12-22)19(15-7-5-4-6-8-15)16-10-9-14(3)11-18(16)21-20/h4-11,13,22H,12H2,1-3H3. The van der Waals surface area contributed by atoms with Crippen molar-refractivity contribution in [3.05, 3.63) is 65.4 Å². The van der Waals surface area contributed by atoms with Gasteiger partial charge in [-0.3, -0.25) is 4.98 Å². The Hall–Kier alpha value is -2.19. The molecule has 1 aromatic heterocycles. The van der Waals surface area contributed by atoms with Crippen LogP contribution in [0.15, 0.2) is 48.5 Å². The number of aliphatic hydroxyl groups excluding tert-OH is 1. The molecule has 112 valence electrons. The largest absolute Gasteiger partial charge is 0.392 e. The Kier molecular flexibility index (Phi) is 3.95. The lowest BCUT2D eigenvalue weighted by atomic mass is 9.91. The van der Waals surface area contributed by atoms with Crippen molar-refractivity contribution in [1.29, 1.82) is 0 Å². The quantitative estimate of drug-likeness (QED) is 0.750. The first-order chi connectivity index (χ1) is 10.6. The van der Waals surface area contributed by atoms with Crippen molar-refractivity contribution >= 4 is 10.9 Å². The molecule has 2 heteroatoms. The van der Waals surface area contributed by atoms with Crippen molar-refractivity contribution in [2.45, 2.75) is 33.3 Å². The van der Waals surface area contributed by atoms with E-state index < -0.39 is 0 Å². The SMILES string of the molecule is Cc1ccc2c(-c3ccccc3)c(CO)c(C(C)C)nc2c1. The number of hydrogen-bond donors (Lipinski definition) is 1. The van der Waals surface area contributed by atoms with Crippen LogP contribution in [0.4, 0.5) is 0 Å². The molecule has 1 N–H and O–H groups in total. The number of nitrogens with zero attached hydrogens (tertiary/aromatic N) is 1. The van der Waals surface area contributed by atoms with E-state index in [1.165, 1.54) is 5.56 Å². The van der Waals surface area contributed by atoms with Crippen LogP contribution < -0.4 is 0 Å². The predicted molar refractivity (Wildman–Crippen MR) is 91.9 cm³/mol. The smallest absolute Gasteiger partial charge is 0.0714 e.